The Morgan fingerprint density at radius 3 is 2.36 bits per heavy atom. The molecule has 0 fully saturated rings. The fourth-order valence-electron chi connectivity index (χ4n) is 2.21. The van der Waals surface area contributed by atoms with Crippen LogP contribution in [0.5, 0.6) is 5.75 Å². The number of carbonyl (C=O) groups is 2. The smallest absolute Gasteiger partial charge is 0.343 e. The van der Waals surface area contributed by atoms with Crippen LogP contribution in [0.2, 0.25) is 5.02 Å². The summed E-state index contributed by atoms with van der Waals surface area (Å²) in [6.07, 6.45) is 1.82. The van der Waals surface area contributed by atoms with E-state index in [0.29, 0.717) is 28.9 Å². The first-order valence-electron chi connectivity index (χ1n) is 8.20. The van der Waals surface area contributed by atoms with Crippen LogP contribution in [0.25, 0.3) is 0 Å². The minimum absolute atomic E-state index is 0.275. The number of benzene rings is 2. The van der Waals surface area contributed by atoms with E-state index in [1.807, 2.05) is 0 Å². The van der Waals surface area contributed by atoms with Crippen molar-refractivity contribution in [3.63, 3.8) is 0 Å². The third-order valence-electron chi connectivity index (χ3n) is 3.50. The molecule has 0 saturated carbocycles. The van der Waals surface area contributed by atoms with Gasteiger partial charge in [0.15, 0.2) is 0 Å². The van der Waals surface area contributed by atoms with Gasteiger partial charge in [0, 0.05) is 5.02 Å². The normalized spacial score (nSPS) is 10.6. The second kappa shape index (κ2) is 9.23. The summed E-state index contributed by atoms with van der Waals surface area (Å²) in [5.74, 6) is -0.0830. The van der Waals surface area contributed by atoms with Gasteiger partial charge in [-0.3, -0.25) is 0 Å². The number of ether oxygens (including phenoxy) is 2. The molecule has 0 radical (unpaired) electrons. The lowest BCUT2D eigenvalue weighted by Crippen LogP contribution is -2.11. The van der Waals surface area contributed by atoms with Crippen molar-refractivity contribution in [2.45, 2.75) is 26.7 Å². The summed E-state index contributed by atoms with van der Waals surface area (Å²) in [6, 6.07) is 12.9. The minimum atomic E-state index is -0.559. The van der Waals surface area contributed by atoms with Crippen molar-refractivity contribution in [3.8, 4) is 5.75 Å². The molecular weight excluding hydrogens is 340 g/mol. The highest BCUT2D eigenvalue weighted by atomic mass is 35.5. The van der Waals surface area contributed by atoms with Crippen molar-refractivity contribution in [1.82, 2.24) is 0 Å². The summed E-state index contributed by atoms with van der Waals surface area (Å²) in [5, 5.41) is 0.476. The third-order valence-corrected chi connectivity index (χ3v) is 3.73. The first kappa shape index (κ1) is 19.0. The van der Waals surface area contributed by atoms with Crippen molar-refractivity contribution < 1.29 is 19.1 Å². The Kier molecular flexibility index (Phi) is 7.02. The third kappa shape index (κ3) is 6.24. The van der Waals surface area contributed by atoms with Gasteiger partial charge in [-0.2, -0.15) is 0 Å². The van der Waals surface area contributed by atoms with Crippen LogP contribution in [0.15, 0.2) is 48.5 Å². The molecule has 0 aliphatic rings. The van der Waals surface area contributed by atoms with Crippen molar-refractivity contribution in [3.05, 3.63) is 64.7 Å². The highest BCUT2D eigenvalue weighted by Crippen LogP contribution is 2.19. The van der Waals surface area contributed by atoms with E-state index in [1.54, 1.807) is 42.5 Å². The van der Waals surface area contributed by atoms with E-state index in [2.05, 4.69) is 13.8 Å². The van der Waals surface area contributed by atoms with Crippen molar-refractivity contribution in [1.29, 1.82) is 0 Å². The monoisotopic (exact) mass is 360 g/mol. The van der Waals surface area contributed by atoms with Gasteiger partial charge in [-0.25, -0.2) is 9.59 Å². The van der Waals surface area contributed by atoms with Crippen LogP contribution < -0.4 is 4.74 Å². The maximum absolute atomic E-state index is 12.2. The van der Waals surface area contributed by atoms with Gasteiger partial charge in [0.1, 0.15) is 5.75 Å². The standard InChI is InChI=1S/C20H21ClO4/c1-14(2)6-5-11-24-19(22)15-7-3-8-16(12-15)20(23)25-18-10-4-9-17(21)13-18/h3-4,7-10,12-14H,5-6,11H2,1-2H3. The number of rotatable bonds is 7. The van der Waals surface area contributed by atoms with E-state index >= 15 is 0 Å². The molecule has 0 spiro atoms. The molecule has 2 rings (SSSR count). The lowest BCUT2D eigenvalue weighted by Gasteiger charge is -2.08. The molecule has 4 nitrogen and oxygen atoms in total. The van der Waals surface area contributed by atoms with Gasteiger partial charge in [-0.15, -0.1) is 0 Å². The van der Waals surface area contributed by atoms with Crippen LogP contribution in [-0.4, -0.2) is 18.5 Å². The lowest BCUT2D eigenvalue weighted by atomic mass is 10.1. The lowest BCUT2D eigenvalue weighted by molar-refractivity contribution is 0.0494. The molecule has 2 aromatic carbocycles. The highest BCUT2D eigenvalue weighted by Gasteiger charge is 2.13. The van der Waals surface area contributed by atoms with Crippen LogP contribution in [0.3, 0.4) is 0 Å². The fraction of sp³-hybridized carbons (Fsp3) is 0.300. The zero-order chi connectivity index (χ0) is 18.2. The Bertz CT molecular complexity index is 740. The molecule has 0 heterocycles. The van der Waals surface area contributed by atoms with Crippen LogP contribution >= 0.6 is 11.6 Å². The minimum Gasteiger partial charge on any atom is -0.462 e. The van der Waals surface area contributed by atoms with Crippen LogP contribution in [0.4, 0.5) is 0 Å². The van der Waals surface area contributed by atoms with Gasteiger partial charge in [-0.05, 0) is 55.2 Å². The summed E-state index contributed by atoms with van der Waals surface area (Å²) in [5.41, 5.74) is 0.599. The van der Waals surface area contributed by atoms with Gasteiger partial charge in [0.25, 0.3) is 0 Å². The first-order chi connectivity index (χ1) is 12.0. The van der Waals surface area contributed by atoms with Gasteiger partial charge in [-0.1, -0.05) is 37.6 Å². The van der Waals surface area contributed by atoms with E-state index in [-0.39, 0.29) is 5.56 Å². The maximum atomic E-state index is 12.2. The predicted molar refractivity (Wildman–Crippen MR) is 97.2 cm³/mol. The summed E-state index contributed by atoms with van der Waals surface area (Å²) < 4.78 is 10.5. The van der Waals surface area contributed by atoms with E-state index in [0.717, 1.165) is 12.8 Å². The zero-order valence-electron chi connectivity index (χ0n) is 14.3. The maximum Gasteiger partial charge on any atom is 0.343 e. The number of halogens is 1. The predicted octanol–water partition coefficient (Wildman–Crippen LogP) is 5.15. The second-order valence-electron chi connectivity index (χ2n) is 6.10. The molecule has 0 N–H and O–H groups in total. The van der Waals surface area contributed by atoms with Gasteiger partial charge < -0.3 is 9.47 Å². The summed E-state index contributed by atoms with van der Waals surface area (Å²) >= 11 is 5.87. The van der Waals surface area contributed by atoms with Crippen molar-refractivity contribution in [2.75, 3.05) is 6.61 Å². The van der Waals surface area contributed by atoms with E-state index in [4.69, 9.17) is 21.1 Å². The molecule has 0 atom stereocenters. The molecule has 0 saturated heterocycles. The molecule has 0 amide bonds. The Morgan fingerprint density at radius 2 is 1.68 bits per heavy atom. The van der Waals surface area contributed by atoms with E-state index < -0.39 is 11.9 Å². The zero-order valence-corrected chi connectivity index (χ0v) is 15.1. The number of carbonyl (C=O) groups excluding carboxylic acids is 2. The quantitative estimate of drug-likeness (QED) is 0.389. The van der Waals surface area contributed by atoms with E-state index in [1.165, 1.54) is 6.07 Å². The molecule has 0 aliphatic carbocycles. The molecule has 5 heteroatoms. The van der Waals surface area contributed by atoms with Gasteiger partial charge in [0.2, 0.25) is 0 Å². The molecule has 0 aromatic heterocycles. The average Bonchev–Trinajstić information content (AvgIpc) is 2.58. The Hall–Kier alpha value is -2.33. The topological polar surface area (TPSA) is 52.6 Å². The molecule has 0 bridgehead atoms. The highest BCUT2D eigenvalue weighted by molar-refractivity contribution is 6.30. The van der Waals surface area contributed by atoms with E-state index in [9.17, 15) is 9.59 Å². The Balaban J connectivity index is 1.97. The molecule has 0 unspecified atom stereocenters. The van der Waals surface area contributed by atoms with Crippen LogP contribution in [-0.2, 0) is 4.74 Å². The Morgan fingerprint density at radius 1 is 1.00 bits per heavy atom. The molecular formula is C20H21ClO4. The van der Waals surface area contributed by atoms with Crippen LogP contribution in [0.1, 0.15) is 47.4 Å². The first-order valence-corrected chi connectivity index (χ1v) is 8.58. The van der Waals surface area contributed by atoms with Gasteiger partial charge in [0.05, 0.1) is 17.7 Å². The summed E-state index contributed by atoms with van der Waals surface area (Å²) in [7, 11) is 0. The SMILES string of the molecule is CC(C)CCCOC(=O)c1cccc(C(=O)Oc2cccc(Cl)c2)c1. The average molecular weight is 361 g/mol. The van der Waals surface area contributed by atoms with Crippen LogP contribution in [0, 0.1) is 5.92 Å². The number of hydrogen-bond donors (Lipinski definition) is 0. The summed E-state index contributed by atoms with van der Waals surface area (Å²) in [4.78, 5) is 24.3. The molecule has 25 heavy (non-hydrogen) atoms. The molecule has 132 valence electrons. The molecule has 0 aliphatic heterocycles. The fourth-order valence-corrected chi connectivity index (χ4v) is 2.39. The number of esters is 2. The van der Waals surface area contributed by atoms with Crippen molar-refractivity contribution in [2.24, 2.45) is 5.92 Å². The summed E-state index contributed by atoms with van der Waals surface area (Å²) in [6.45, 7) is 4.61. The van der Waals surface area contributed by atoms with Crippen molar-refractivity contribution >= 4 is 23.5 Å². The largest absolute Gasteiger partial charge is 0.462 e. The second-order valence-corrected chi connectivity index (χ2v) is 6.54. The molecule has 2 aromatic rings. The number of hydrogen-bond acceptors (Lipinski definition) is 4. The van der Waals surface area contributed by atoms with Gasteiger partial charge >= 0.3 is 11.9 Å². The Labute approximate surface area is 152 Å².